The van der Waals surface area contributed by atoms with Crippen LogP contribution in [0.5, 0.6) is 0 Å². The SMILES string of the molecule is CCCCCC(=O)N(Cc1ccccc1Cl)C1CCN(Cc2ccccc2)CC1. The summed E-state index contributed by atoms with van der Waals surface area (Å²) in [6.45, 7) is 5.84. The number of carbonyl (C=O) groups excluding carboxylic acids is 1. The summed E-state index contributed by atoms with van der Waals surface area (Å²) in [5.74, 6) is 0.278. The van der Waals surface area contributed by atoms with Crippen LogP contribution in [0.25, 0.3) is 0 Å². The zero-order valence-electron chi connectivity index (χ0n) is 17.5. The van der Waals surface area contributed by atoms with Crippen molar-refractivity contribution in [2.24, 2.45) is 0 Å². The van der Waals surface area contributed by atoms with Crippen molar-refractivity contribution in [1.29, 1.82) is 0 Å². The lowest BCUT2D eigenvalue weighted by Gasteiger charge is -2.39. The Balaban J connectivity index is 1.63. The van der Waals surface area contributed by atoms with E-state index in [0.717, 1.165) is 62.3 Å². The summed E-state index contributed by atoms with van der Waals surface area (Å²) in [5, 5.41) is 0.750. The highest BCUT2D eigenvalue weighted by Crippen LogP contribution is 2.24. The molecule has 4 heteroatoms. The molecule has 1 saturated heterocycles. The molecule has 3 nitrogen and oxygen atoms in total. The molecule has 2 aromatic rings. The highest BCUT2D eigenvalue weighted by atomic mass is 35.5. The Morgan fingerprint density at radius 1 is 1.03 bits per heavy atom. The molecule has 0 aromatic heterocycles. The van der Waals surface area contributed by atoms with E-state index in [1.807, 2.05) is 24.3 Å². The van der Waals surface area contributed by atoms with Crippen molar-refractivity contribution in [2.45, 2.75) is 64.6 Å². The van der Waals surface area contributed by atoms with Crippen molar-refractivity contribution >= 4 is 17.5 Å². The summed E-state index contributed by atoms with van der Waals surface area (Å²) in [5.41, 5.74) is 2.40. The van der Waals surface area contributed by atoms with Gasteiger partial charge in [-0.2, -0.15) is 0 Å². The fraction of sp³-hybridized carbons (Fsp3) is 0.480. The maximum Gasteiger partial charge on any atom is 0.223 e. The minimum Gasteiger partial charge on any atom is -0.335 e. The zero-order valence-corrected chi connectivity index (χ0v) is 18.3. The maximum absolute atomic E-state index is 13.1. The number of halogens is 1. The molecule has 0 saturated carbocycles. The van der Waals surface area contributed by atoms with Crippen LogP contribution in [0.1, 0.15) is 56.6 Å². The van der Waals surface area contributed by atoms with Gasteiger partial charge in [-0.3, -0.25) is 9.69 Å². The molecule has 0 atom stereocenters. The molecule has 1 aliphatic rings. The third-order valence-corrected chi connectivity index (χ3v) is 6.23. The number of rotatable bonds is 9. The molecule has 1 fully saturated rings. The molecule has 0 radical (unpaired) electrons. The molecule has 2 aromatic carbocycles. The monoisotopic (exact) mass is 412 g/mol. The number of benzene rings is 2. The number of carbonyl (C=O) groups is 1. The Morgan fingerprint density at radius 2 is 1.72 bits per heavy atom. The van der Waals surface area contributed by atoms with Gasteiger partial charge in [0.15, 0.2) is 0 Å². The summed E-state index contributed by atoms with van der Waals surface area (Å²) < 4.78 is 0. The normalized spacial score (nSPS) is 15.4. The minimum absolute atomic E-state index is 0.278. The lowest BCUT2D eigenvalue weighted by atomic mass is 10.0. The third-order valence-electron chi connectivity index (χ3n) is 5.86. The Hall–Kier alpha value is -1.84. The number of nitrogens with zero attached hydrogens (tertiary/aromatic N) is 2. The molecular formula is C25H33ClN2O. The highest BCUT2D eigenvalue weighted by molar-refractivity contribution is 6.31. The minimum atomic E-state index is 0.278. The van der Waals surface area contributed by atoms with Crippen molar-refractivity contribution in [2.75, 3.05) is 13.1 Å². The standard InChI is InChI=1S/C25H33ClN2O/c1-2-3-5-14-25(29)28(20-22-12-8-9-13-24(22)26)23-15-17-27(18-16-23)19-21-10-6-4-7-11-21/h4,6-13,23H,2-3,5,14-20H2,1H3. The fourth-order valence-electron chi connectivity index (χ4n) is 4.13. The van der Waals surface area contributed by atoms with Crippen LogP contribution in [0.15, 0.2) is 54.6 Å². The van der Waals surface area contributed by atoms with E-state index < -0.39 is 0 Å². The van der Waals surface area contributed by atoms with Gasteiger partial charge >= 0.3 is 0 Å². The molecule has 1 amide bonds. The molecule has 1 aliphatic heterocycles. The smallest absolute Gasteiger partial charge is 0.223 e. The largest absolute Gasteiger partial charge is 0.335 e. The summed E-state index contributed by atoms with van der Waals surface area (Å²) in [6.07, 6.45) is 5.91. The number of hydrogen-bond acceptors (Lipinski definition) is 2. The van der Waals surface area contributed by atoms with Crippen molar-refractivity contribution in [3.63, 3.8) is 0 Å². The van der Waals surface area contributed by atoms with E-state index >= 15 is 0 Å². The van der Waals surface area contributed by atoms with Gasteiger partial charge in [0.25, 0.3) is 0 Å². The first-order valence-corrected chi connectivity index (χ1v) is 11.3. The van der Waals surface area contributed by atoms with Gasteiger partial charge in [0.1, 0.15) is 0 Å². The van der Waals surface area contributed by atoms with E-state index in [1.165, 1.54) is 5.56 Å². The Bertz CT molecular complexity index is 756. The van der Waals surface area contributed by atoms with E-state index in [0.29, 0.717) is 19.0 Å². The lowest BCUT2D eigenvalue weighted by Crippen LogP contribution is -2.46. The molecule has 156 valence electrons. The Morgan fingerprint density at radius 3 is 2.41 bits per heavy atom. The van der Waals surface area contributed by atoms with E-state index in [-0.39, 0.29) is 5.91 Å². The van der Waals surface area contributed by atoms with Crippen molar-refractivity contribution in [1.82, 2.24) is 9.80 Å². The van der Waals surface area contributed by atoms with Crippen LogP contribution in [0.2, 0.25) is 5.02 Å². The average molecular weight is 413 g/mol. The molecule has 29 heavy (non-hydrogen) atoms. The van der Waals surface area contributed by atoms with Gasteiger partial charge in [-0.15, -0.1) is 0 Å². The second-order valence-electron chi connectivity index (χ2n) is 8.06. The van der Waals surface area contributed by atoms with Crippen molar-refractivity contribution < 1.29 is 4.79 Å². The predicted octanol–water partition coefficient (Wildman–Crippen LogP) is 5.91. The van der Waals surface area contributed by atoms with Crippen molar-refractivity contribution in [3.05, 3.63) is 70.7 Å². The molecular weight excluding hydrogens is 380 g/mol. The van der Waals surface area contributed by atoms with Crippen LogP contribution in [0, 0.1) is 0 Å². The van der Waals surface area contributed by atoms with Crippen LogP contribution in [-0.4, -0.2) is 34.8 Å². The second-order valence-corrected chi connectivity index (χ2v) is 8.47. The predicted molar refractivity (Wildman–Crippen MR) is 121 cm³/mol. The summed E-state index contributed by atoms with van der Waals surface area (Å²) in [6, 6.07) is 18.8. The first-order valence-electron chi connectivity index (χ1n) is 11.0. The van der Waals surface area contributed by atoms with E-state index in [9.17, 15) is 4.79 Å². The molecule has 0 spiro atoms. The lowest BCUT2D eigenvalue weighted by molar-refractivity contribution is -0.135. The first kappa shape index (κ1) is 21.9. The van der Waals surface area contributed by atoms with E-state index in [2.05, 4.69) is 47.1 Å². The van der Waals surface area contributed by atoms with Crippen LogP contribution in [0.4, 0.5) is 0 Å². The van der Waals surface area contributed by atoms with Crippen molar-refractivity contribution in [3.8, 4) is 0 Å². The highest BCUT2D eigenvalue weighted by Gasteiger charge is 2.28. The molecule has 0 unspecified atom stereocenters. The Kier molecular flexibility index (Phi) is 8.57. The van der Waals surface area contributed by atoms with Gasteiger partial charge in [0.05, 0.1) is 0 Å². The van der Waals surface area contributed by atoms with E-state index in [1.54, 1.807) is 0 Å². The summed E-state index contributed by atoms with van der Waals surface area (Å²) >= 11 is 6.41. The number of likely N-dealkylation sites (tertiary alicyclic amines) is 1. The van der Waals surface area contributed by atoms with Crippen LogP contribution < -0.4 is 0 Å². The third kappa shape index (κ3) is 6.58. The first-order chi connectivity index (χ1) is 14.2. The van der Waals surface area contributed by atoms with Gasteiger partial charge < -0.3 is 4.90 Å². The summed E-state index contributed by atoms with van der Waals surface area (Å²) in [7, 11) is 0. The number of piperidine rings is 1. The van der Waals surface area contributed by atoms with Gasteiger partial charge in [-0.25, -0.2) is 0 Å². The molecule has 3 rings (SSSR count). The van der Waals surface area contributed by atoms with E-state index in [4.69, 9.17) is 11.6 Å². The van der Waals surface area contributed by atoms with Crippen LogP contribution >= 0.6 is 11.6 Å². The molecule has 0 bridgehead atoms. The van der Waals surface area contributed by atoms with Gasteiger partial charge in [0, 0.05) is 43.7 Å². The van der Waals surface area contributed by atoms with Gasteiger partial charge in [0.2, 0.25) is 5.91 Å². The van der Waals surface area contributed by atoms with Gasteiger partial charge in [-0.05, 0) is 36.5 Å². The number of amides is 1. The average Bonchev–Trinajstić information content (AvgIpc) is 2.75. The fourth-order valence-corrected chi connectivity index (χ4v) is 4.33. The van der Waals surface area contributed by atoms with Crippen LogP contribution in [0.3, 0.4) is 0 Å². The summed E-state index contributed by atoms with van der Waals surface area (Å²) in [4.78, 5) is 17.7. The van der Waals surface area contributed by atoms with Crippen LogP contribution in [-0.2, 0) is 17.9 Å². The topological polar surface area (TPSA) is 23.6 Å². The zero-order chi connectivity index (χ0) is 20.5. The Labute approximate surface area is 180 Å². The molecule has 1 heterocycles. The molecule has 0 N–H and O–H groups in total. The second kappa shape index (κ2) is 11.4. The number of unbranched alkanes of at least 4 members (excludes halogenated alkanes) is 2. The maximum atomic E-state index is 13.1. The van der Waals surface area contributed by atoms with Gasteiger partial charge in [-0.1, -0.05) is 79.9 Å². The quantitative estimate of drug-likeness (QED) is 0.477. The molecule has 0 aliphatic carbocycles. The number of hydrogen-bond donors (Lipinski definition) is 0.